The number of methoxy groups -OCH3 is 1. The molecule has 0 atom stereocenters. The Bertz CT molecular complexity index is 888. The Balaban J connectivity index is 1.88. The fourth-order valence-electron chi connectivity index (χ4n) is 2.01. The summed E-state index contributed by atoms with van der Waals surface area (Å²) in [6, 6.07) is 8.35. The number of ether oxygens (including phenoxy) is 1. The monoisotopic (exact) mass is 386 g/mol. The minimum atomic E-state index is -0.360. The molecule has 1 aromatic heterocycles. The molecule has 0 bridgehead atoms. The van der Waals surface area contributed by atoms with Gasteiger partial charge in [0, 0.05) is 10.6 Å². The highest BCUT2D eigenvalue weighted by Crippen LogP contribution is 2.34. The number of aromatic nitrogens is 1. The number of rotatable bonds is 3. The van der Waals surface area contributed by atoms with Crippen LogP contribution >= 0.6 is 46.1 Å². The van der Waals surface area contributed by atoms with Gasteiger partial charge in [-0.2, -0.15) is 0 Å². The zero-order valence-corrected chi connectivity index (χ0v) is 14.8. The van der Waals surface area contributed by atoms with E-state index in [1.165, 1.54) is 30.6 Å². The average molecular weight is 388 g/mol. The number of carbonyl (C=O) groups excluding carboxylic acids is 1. The first-order valence-electron chi connectivity index (χ1n) is 6.38. The highest BCUT2D eigenvalue weighted by atomic mass is 35.5. The summed E-state index contributed by atoms with van der Waals surface area (Å²) in [5.41, 5.74) is 1.04. The third kappa shape index (κ3) is 3.38. The second-order valence-electron chi connectivity index (χ2n) is 4.56. The lowest BCUT2D eigenvalue weighted by atomic mass is 10.2. The summed E-state index contributed by atoms with van der Waals surface area (Å²) >= 11 is 19.4. The molecular weight excluding hydrogens is 379 g/mol. The van der Waals surface area contributed by atoms with E-state index in [4.69, 9.17) is 39.5 Å². The summed E-state index contributed by atoms with van der Waals surface area (Å²) in [6.07, 6.45) is 0. The Hall–Kier alpha value is -1.53. The Morgan fingerprint density at radius 3 is 2.52 bits per heavy atom. The molecule has 1 heterocycles. The van der Waals surface area contributed by atoms with Crippen LogP contribution in [0.15, 0.2) is 30.3 Å². The van der Waals surface area contributed by atoms with E-state index in [0.29, 0.717) is 21.5 Å². The van der Waals surface area contributed by atoms with Gasteiger partial charge in [-0.15, -0.1) is 0 Å². The first-order chi connectivity index (χ1) is 11.0. The summed E-state index contributed by atoms with van der Waals surface area (Å²) < 4.78 is 5.99. The highest BCUT2D eigenvalue weighted by Gasteiger charge is 2.15. The van der Waals surface area contributed by atoms with E-state index in [9.17, 15) is 4.79 Å². The van der Waals surface area contributed by atoms with Crippen LogP contribution in [-0.2, 0) is 0 Å². The van der Waals surface area contributed by atoms with E-state index in [2.05, 4.69) is 10.3 Å². The summed E-state index contributed by atoms with van der Waals surface area (Å²) in [5.74, 6) is -0.0267. The fourth-order valence-corrected chi connectivity index (χ4v) is 3.66. The lowest BCUT2D eigenvalue weighted by Gasteiger charge is -2.08. The van der Waals surface area contributed by atoms with Crippen LogP contribution in [0.2, 0.25) is 15.1 Å². The van der Waals surface area contributed by atoms with E-state index < -0.39 is 0 Å². The molecule has 0 aliphatic carbocycles. The van der Waals surface area contributed by atoms with E-state index in [1.54, 1.807) is 12.1 Å². The fraction of sp³-hybridized carbons (Fsp3) is 0.0667. The Kier molecular flexibility index (Phi) is 4.64. The lowest BCUT2D eigenvalue weighted by Crippen LogP contribution is -2.11. The number of carbonyl (C=O) groups is 1. The van der Waals surface area contributed by atoms with Crippen molar-refractivity contribution in [2.45, 2.75) is 0 Å². The van der Waals surface area contributed by atoms with E-state index >= 15 is 0 Å². The van der Waals surface area contributed by atoms with Crippen molar-refractivity contribution in [2.75, 3.05) is 12.4 Å². The van der Waals surface area contributed by atoms with E-state index in [1.807, 2.05) is 6.07 Å². The molecule has 0 unspecified atom stereocenters. The number of anilines is 1. The molecule has 1 amide bonds. The van der Waals surface area contributed by atoms with Crippen LogP contribution in [0.1, 0.15) is 10.4 Å². The van der Waals surface area contributed by atoms with Gasteiger partial charge in [-0.3, -0.25) is 10.1 Å². The zero-order chi connectivity index (χ0) is 16.6. The third-order valence-electron chi connectivity index (χ3n) is 3.03. The zero-order valence-electron chi connectivity index (χ0n) is 11.7. The minimum absolute atomic E-state index is 0.265. The van der Waals surface area contributed by atoms with E-state index in [-0.39, 0.29) is 16.0 Å². The molecule has 0 saturated carbocycles. The maximum absolute atomic E-state index is 12.3. The molecule has 8 heteroatoms. The standard InChI is InChI=1S/C15H9Cl3N2O2S/c1-22-13-9(17)4-7(5-10(13)18)14(21)20-15-19-11-6-8(16)2-3-12(11)23-15/h2-6H,1H3,(H,19,20,21). The molecule has 4 nitrogen and oxygen atoms in total. The summed E-state index contributed by atoms with van der Waals surface area (Å²) in [4.78, 5) is 16.7. The van der Waals surface area contributed by atoms with Crippen molar-refractivity contribution in [3.8, 4) is 5.75 Å². The number of fused-ring (bicyclic) bond motifs is 1. The maximum Gasteiger partial charge on any atom is 0.257 e. The van der Waals surface area contributed by atoms with Gasteiger partial charge >= 0.3 is 0 Å². The molecule has 0 fully saturated rings. The number of nitrogens with one attached hydrogen (secondary N) is 1. The van der Waals surface area contributed by atoms with Crippen molar-refractivity contribution < 1.29 is 9.53 Å². The molecule has 2 aromatic carbocycles. The molecular formula is C15H9Cl3N2O2S. The van der Waals surface area contributed by atoms with Crippen LogP contribution in [-0.4, -0.2) is 18.0 Å². The number of amides is 1. The Morgan fingerprint density at radius 2 is 1.87 bits per heavy atom. The minimum Gasteiger partial charge on any atom is -0.494 e. The van der Waals surface area contributed by atoms with Crippen LogP contribution in [0.4, 0.5) is 5.13 Å². The van der Waals surface area contributed by atoms with Crippen molar-refractivity contribution in [1.82, 2.24) is 4.98 Å². The van der Waals surface area contributed by atoms with E-state index in [0.717, 1.165) is 10.2 Å². The summed E-state index contributed by atoms with van der Waals surface area (Å²) in [6.45, 7) is 0. The van der Waals surface area contributed by atoms with Gasteiger partial charge in [-0.1, -0.05) is 46.1 Å². The van der Waals surface area contributed by atoms with Crippen molar-refractivity contribution in [1.29, 1.82) is 0 Å². The molecule has 3 aromatic rings. The molecule has 0 spiro atoms. The first kappa shape index (κ1) is 16.3. The van der Waals surface area contributed by atoms with Gasteiger partial charge in [0.15, 0.2) is 10.9 Å². The number of thiazole rings is 1. The number of halogens is 3. The van der Waals surface area contributed by atoms with Gasteiger partial charge in [0.05, 0.1) is 27.4 Å². The van der Waals surface area contributed by atoms with Crippen molar-refractivity contribution in [2.24, 2.45) is 0 Å². The van der Waals surface area contributed by atoms with Gasteiger partial charge in [0.1, 0.15) is 0 Å². The van der Waals surface area contributed by atoms with Gasteiger partial charge in [0.2, 0.25) is 0 Å². The van der Waals surface area contributed by atoms with Gasteiger partial charge in [-0.25, -0.2) is 4.98 Å². The topological polar surface area (TPSA) is 51.2 Å². The van der Waals surface area contributed by atoms with Crippen molar-refractivity contribution >= 4 is 67.4 Å². The maximum atomic E-state index is 12.3. The second kappa shape index (κ2) is 6.53. The van der Waals surface area contributed by atoms with Crippen LogP contribution < -0.4 is 10.1 Å². The SMILES string of the molecule is COc1c(Cl)cc(C(=O)Nc2nc3cc(Cl)ccc3s2)cc1Cl. The summed E-state index contributed by atoms with van der Waals surface area (Å²) in [7, 11) is 1.46. The lowest BCUT2D eigenvalue weighted by molar-refractivity contribution is 0.102. The molecule has 3 rings (SSSR count). The molecule has 0 saturated heterocycles. The quantitative estimate of drug-likeness (QED) is 0.644. The predicted octanol–water partition coefficient (Wildman–Crippen LogP) is 5.52. The Labute approximate surface area is 150 Å². The number of hydrogen-bond acceptors (Lipinski definition) is 4. The molecule has 0 aliphatic heterocycles. The molecule has 1 N–H and O–H groups in total. The normalized spacial score (nSPS) is 10.8. The Morgan fingerprint density at radius 1 is 1.17 bits per heavy atom. The van der Waals surface area contributed by atoms with Crippen LogP contribution in [0, 0.1) is 0 Å². The number of hydrogen-bond donors (Lipinski definition) is 1. The highest BCUT2D eigenvalue weighted by molar-refractivity contribution is 7.22. The molecule has 23 heavy (non-hydrogen) atoms. The smallest absolute Gasteiger partial charge is 0.257 e. The average Bonchev–Trinajstić information content (AvgIpc) is 2.88. The van der Waals surface area contributed by atoms with Crippen molar-refractivity contribution in [3.63, 3.8) is 0 Å². The predicted molar refractivity (Wildman–Crippen MR) is 95.6 cm³/mol. The second-order valence-corrected chi connectivity index (χ2v) is 6.84. The number of nitrogens with zero attached hydrogens (tertiary/aromatic N) is 1. The van der Waals surface area contributed by atoms with Crippen LogP contribution in [0.25, 0.3) is 10.2 Å². The van der Waals surface area contributed by atoms with Crippen LogP contribution in [0.5, 0.6) is 5.75 Å². The van der Waals surface area contributed by atoms with Gasteiger partial charge in [-0.05, 0) is 30.3 Å². The molecule has 0 radical (unpaired) electrons. The molecule has 118 valence electrons. The third-order valence-corrected chi connectivity index (χ3v) is 4.78. The molecule has 0 aliphatic rings. The number of benzene rings is 2. The summed E-state index contributed by atoms with van der Waals surface area (Å²) in [5, 5.41) is 4.32. The van der Waals surface area contributed by atoms with Gasteiger partial charge < -0.3 is 4.74 Å². The van der Waals surface area contributed by atoms with Crippen LogP contribution in [0.3, 0.4) is 0 Å². The van der Waals surface area contributed by atoms with Gasteiger partial charge in [0.25, 0.3) is 5.91 Å². The first-order valence-corrected chi connectivity index (χ1v) is 8.33. The van der Waals surface area contributed by atoms with Crippen molar-refractivity contribution in [3.05, 3.63) is 51.0 Å². The largest absolute Gasteiger partial charge is 0.494 e.